The first-order chi connectivity index (χ1) is 15.8. The predicted molar refractivity (Wildman–Crippen MR) is 135 cm³/mol. The summed E-state index contributed by atoms with van der Waals surface area (Å²) in [6.07, 6.45) is -0.215. The van der Waals surface area contributed by atoms with Gasteiger partial charge < -0.3 is 19.7 Å². The predicted octanol–water partition coefficient (Wildman–Crippen LogP) is 4.73. The van der Waals surface area contributed by atoms with E-state index in [2.05, 4.69) is 10.6 Å². The maximum Gasteiger partial charge on any atom is 0.474 e. The van der Waals surface area contributed by atoms with Crippen LogP contribution in [0.3, 0.4) is 0 Å². The van der Waals surface area contributed by atoms with Crippen LogP contribution in [0.15, 0.2) is 0 Å². The lowest BCUT2D eigenvalue weighted by Crippen LogP contribution is -2.32. The molecule has 0 aliphatic heterocycles. The zero-order chi connectivity index (χ0) is 27.2. The minimum absolute atomic E-state index is 0.0224. The van der Waals surface area contributed by atoms with Crippen molar-refractivity contribution in [2.24, 2.45) is 0 Å². The second-order valence-electron chi connectivity index (χ2n) is 6.88. The highest BCUT2D eigenvalue weighted by Crippen LogP contribution is 2.49. The number of nitrogens with one attached hydrogen (secondary N) is 2. The van der Waals surface area contributed by atoms with Gasteiger partial charge >= 0.3 is 15.4 Å². The number of alkyl halides is 1. The van der Waals surface area contributed by atoms with Crippen molar-refractivity contribution in [3.05, 3.63) is 0 Å². The third kappa shape index (κ3) is 24.6. The van der Waals surface area contributed by atoms with Gasteiger partial charge in [0.05, 0.1) is 33.0 Å². The van der Waals surface area contributed by atoms with Crippen molar-refractivity contribution in [2.75, 3.05) is 45.1 Å². The lowest BCUT2D eigenvalue weighted by molar-refractivity contribution is -0.120. The molecule has 0 saturated carbocycles. The average Bonchev–Trinajstić information content (AvgIpc) is 2.68. The second kappa shape index (κ2) is 22.9. The molecule has 0 unspecified atom stereocenters. The highest BCUT2D eigenvalue weighted by atomic mass is 35.5. The number of rotatable bonds is 15. The van der Waals surface area contributed by atoms with E-state index in [0.29, 0.717) is 19.8 Å². The Bertz CT molecular complexity index is 589. The van der Waals surface area contributed by atoms with Gasteiger partial charge in [-0.1, -0.05) is 0 Å². The quantitative estimate of drug-likeness (QED) is 0.217. The molecule has 0 atom stereocenters. The van der Waals surface area contributed by atoms with Gasteiger partial charge in [-0.05, 0) is 62.3 Å². The van der Waals surface area contributed by atoms with Crippen LogP contribution in [0.5, 0.6) is 0 Å². The monoisotopic (exact) mass is 554 g/mol. The van der Waals surface area contributed by atoms with E-state index < -0.39 is 15.4 Å². The zero-order valence-corrected chi connectivity index (χ0v) is 24.6. The molecule has 0 aliphatic rings. The molecule has 0 saturated heterocycles. The highest BCUT2D eigenvalue weighted by Gasteiger charge is 2.27. The van der Waals surface area contributed by atoms with Gasteiger partial charge in [0.1, 0.15) is 12.0 Å². The summed E-state index contributed by atoms with van der Waals surface area (Å²) in [6, 6.07) is 0.218. The summed E-state index contributed by atoms with van der Waals surface area (Å²) in [5, 5.41) is 5.27. The summed E-state index contributed by atoms with van der Waals surface area (Å²) in [5.41, 5.74) is 0. The summed E-state index contributed by atoms with van der Waals surface area (Å²) in [7, 11) is -6.46. The average molecular weight is 555 g/mol. The summed E-state index contributed by atoms with van der Waals surface area (Å²) in [5.74, 6) is -0.366. The summed E-state index contributed by atoms with van der Waals surface area (Å²) in [6.45, 7) is 17.6. The summed E-state index contributed by atoms with van der Waals surface area (Å²) < 4.78 is 47.7. The molecular weight excluding hydrogens is 510 g/mol. The van der Waals surface area contributed by atoms with Gasteiger partial charge in [0.15, 0.2) is 0 Å². The molecule has 0 bridgehead atoms. The van der Waals surface area contributed by atoms with E-state index in [1.807, 2.05) is 27.7 Å². The first kappa shape index (κ1) is 38.0. The molecule has 14 heteroatoms. The van der Waals surface area contributed by atoms with Gasteiger partial charge in [-0.15, -0.1) is 11.6 Å². The Morgan fingerprint density at radius 3 is 1.24 bits per heavy atom. The Hall–Kier alpha value is -0.510. The number of hydrogen-bond acceptors (Lipinski definition) is 9. The largest absolute Gasteiger partial charge is 0.474 e. The van der Waals surface area contributed by atoms with Crippen molar-refractivity contribution in [3.63, 3.8) is 0 Å². The smallest absolute Gasteiger partial charge is 0.353 e. The molecule has 11 nitrogen and oxygen atoms in total. The molecule has 2 N–H and O–H groups in total. The van der Waals surface area contributed by atoms with Gasteiger partial charge in [0, 0.05) is 12.1 Å². The van der Waals surface area contributed by atoms with Crippen molar-refractivity contribution < 1.29 is 41.3 Å². The van der Waals surface area contributed by atoms with Gasteiger partial charge in [-0.3, -0.25) is 27.7 Å². The Balaban J connectivity index is -0.000000447. The molecule has 0 aromatic heterocycles. The number of amides is 2. The number of halogens is 1. The minimum atomic E-state index is -3.24. The Kier molecular flexibility index (Phi) is 25.6. The van der Waals surface area contributed by atoms with Crippen molar-refractivity contribution in [1.82, 2.24) is 10.6 Å². The van der Waals surface area contributed by atoms with E-state index in [0.717, 1.165) is 0 Å². The molecule has 0 aromatic carbocycles. The first-order valence-electron chi connectivity index (χ1n) is 11.3. The van der Waals surface area contributed by atoms with Crippen LogP contribution in [-0.2, 0) is 41.3 Å². The summed E-state index contributed by atoms with van der Waals surface area (Å²) >= 11 is 5.18. The minimum Gasteiger partial charge on any atom is -0.353 e. The van der Waals surface area contributed by atoms with Crippen molar-refractivity contribution in [3.8, 4) is 0 Å². The molecule has 0 aromatic rings. The molecule has 0 rings (SSSR count). The molecular formula is C20H45ClN2O9P2. The molecule has 2 amide bonds. The fourth-order valence-electron chi connectivity index (χ4n) is 2.01. The van der Waals surface area contributed by atoms with Gasteiger partial charge in [0.25, 0.3) is 0 Å². The van der Waals surface area contributed by atoms with Crippen LogP contribution in [0, 0.1) is 0 Å². The molecule has 0 heterocycles. The van der Waals surface area contributed by atoms with E-state index in [1.54, 1.807) is 34.6 Å². The molecule has 0 aliphatic carbocycles. The Labute approximate surface area is 210 Å². The van der Waals surface area contributed by atoms with Gasteiger partial charge in [0.2, 0.25) is 11.8 Å². The zero-order valence-electron chi connectivity index (χ0n) is 22.1. The number of carbonyl (C=O) groups excluding carboxylic acids is 2. The standard InChI is InChI=1S/C9H20NO4P.C6H15O4P.C5H10ClNO/c1-5-13-15(12,14-6-2)7-9(11)10-8(3)4;1-4-8-11(7,9-5-2)10-6-3;1-4(2)7-5(8)3-6/h8H,5-7H2,1-4H3,(H,10,11);4-6H2,1-3H3;4H,3H2,1-2H3,(H,7,8). The second-order valence-corrected chi connectivity index (χ2v) is 10.9. The maximum absolute atomic E-state index is 11.9. The topological polar surface area (TPSA) is 138 Å². The molecule has 0 fully saturated rings. The van der Waals surface area contributed by atoms with Gasteiger partial charge in [-0.25, -0.2) is 4.57 Å². The Morgan fingerprint density at radius 2 is 1.00 bits per heavy atom. The number of carbonyl (C=O) groups is 2. The first-order valence-corrected chi connectivity index (χ1v) is 15.1. The SMILES string of the molecule is CC(C)NC(=O)CCl.CCOP(=O)(CC(=O)NC(C)C)OCC.CCOP(=O)(OCC)OCC. The normalized spacial score (nSPS) is 11.3. The van der Waals surface area contributed by atoms with E-state index >= 15 is 0 Å². The molecule has 0 spiro atoms. The van der Waals surface area contributed by atoms with E-state index in [-0.39, 0.29) is 49.2 Å². The lowest BCUT2D eigenvalue weighted by Gasteiger charge is -2.17. The van der Waals surface area contributed by atoms with Crippen molar-refractivity contribution >= 4 is 38.8 Å². The van der Waals surface area contributed by atoms with Crippen LogP contribution in [0.1, 0.15) is 62.3 Å². The Morgan fingerprint density at radius 1 is 0.676 bits per heavy atom. The third-order valence-electron chi connectivity index (χ3n) is 2.87. The van der Waals surface area contributed by atoms with Crippen LogP contribution >= 0.6 is 27.0 Å². The number of phosphoric acid groups is 1. The van der Waals surface area contributed by atoms with Crippen LogP contribution in [-0.4, -0.2) is 69.0 Å². The highest BCUT2D eigenvalue weighted by molar-refractivity contribution is 7.54. The van der Waals surface area contributed by atoms with E-state index in [1.165, 1.54) is 0 Å². The van der Waals surface area contributed by atoms with Crippen LogP contribution in [0.4, 0.5) is 0 Å². The van der Waals surface area contributed by atoms with Crippen molar-refractivity contribution in [2.45, 2.75) is 74.4 Å². The van der Waals surface area contributed by atoms with Crippen molar-refractivity contribution in [1.29, 1.82) is 0 Å². The molecule has 0 radical (unpaired) electrons. The number of hydrogen-bond donors (Lipinski definition) is 2. The fraction of sp³-hybridized carbons (Fsp3) is 0.900. The van der Waals surface area contributed by atoms with E-state index in [9.17, 15) is 18.7 Å². The number of phosphoric ester groups is 1. The van der Waals surface area contributed by atoms with Crippen LogP contribution in [0.2, 0.25) is 0 Å². The maximum atomic E-state index is 11.9. The van der Waals surface area contributed by atoms with Gasteiger partial charge in [-0.2, -0.15) is 0 Å². The fourth-order valence-corrected chi connectivity index (χ4v) is 4.75. The lowest BCUT2D eigenvalue weighted by atomic mass is 10.4. The molecule has 206 valence electrons. The van der Waals surface area contributed by atoms with E-state index in [4.69, 9.17) is 34.2 Å². The summed E-state index contributed by atoms with van der Waals surface area (Å²) in [4.78, 5) is 21.8. The van der Waals surface area contributed by atoms with Crippen LogP contribution in [0.25, 0.3) is 0 Å². The molecule has 34 heavy (non-hydrogen) atoms. The van der Waals surface area contributed by atoms with Crippen LogP contribution < -0.4 is 10.6 Å². The third-order valence-corrected chi connectivity index (χ3v) is 6.81.